The zero-order chi connectivity index (χ0) is 12.3. The van der Waals surface area contributed by atoms with Gasteiger partial charge in [-0.3, -0.25) is 0 Å². The lowest BCUT2D eigenvalue weighted by molar-refractivity contribution is 0.154. The standard InChI is InChI=1S/C12H21NO3S/c1-2-13-12(11-5-3-4-7-16-11)10-6-8-17(14,15)9-10/h5,10,12-13H,2-4,6-9H2,1H3. The van der Waals surface area contributed by atoms with E-state index in [0.29, 0.717) is 11.5 Å². The van der Waals surface area contributed by atoms with Gasteiger partial charge in [-0.15, -0.1) is 0 Å². The van der Waals surface area contributed by atoms with Crippen LogP contribution in [0.25, 0.3) is 0 Å². The summed E-state index contributed by atoms with van der Waals surface area (Å²) in [6.07, 6.45) is 4.96. The van der Waals surface area contributed by atoms with Crippen molar-refractivity contribution in [2.75, 3.05) is 24.7 Å². The van der Waals surface area contributed by atoms with Crippen LogP contribution in [0.3, 0.4) is 0 Å². The quantitative estimate of drug-likeness (QED) is 0.821. The van der Waals surface area contributed by atoms with Crippen molar-refractivity contribution in [3.05, 3.63) is 11.8 Å². The lowest BCUT2D eigenvalue weighted by atomic mass is 9.96. The zero-order valence-electron chi connectivity index (χ0n) is 10.3. The molecule has 0 aliphatic carbocycles. The molecule has 2 unspecified atom stereocenters. The van der Waals surface area contributed by atoms with Gasteiger partial charge in [-0.2, -0.15) is 0 Å². The van der Waals surface area contributed by atoms with Crippen molar-refractivity contribution in [2.45, 2.75) is 32.2 Å². The third kappa shape index (κ3) is 3.22. The SMILES string of the molecule is CCNC(C1=CCCCO1)C1CCS(=O)(=O)C1. The Morgan fingerprint density at radius 2 is 2.41 bits per heavy atom. The molecule has 0 aromatic carbocycles. The Labute approximate surface area is 103 Å². The molecule has 4 nitrogen and oxygen atoms in total. The van der Waals surface area contributed by atoms with Crippen molar-refractivity contribution in [2.24, 2.45) is 5.92 Å². The minimum absolute atomic E-state index is 0.0811. The summed E-state index contributed by atoms with van der Waals surface area (Å²) in [6.45, 7) is 3.63. The summed E-state index contributed by atoms with van der Waals surface area (Å²) in [6, 6.07) is 0.0811. The van der Waals surface area contributed by atoms with Gasteiger partial charge in [-0.05, 0) is 37.8 Å². The van der Waals surface area contributed by atoms with E-state index in [4.69, 9.17) is 4.74 Å². The normalized spacial score (nSPS) is 29.5. The number of ether oxygens (including phenoxy) is 1. The summed E-state index contributed by atoms with van der Waals surface area (Å²) in [5.41, 5.74) is 0. The fourth-order valence-corrected chi connectivity index (χ4v) is 4.44. The first kappa shape index (κ1) is 12.9. The second kappa shape index (κ2) is 5.40. The summed E-state index contributed by atoms with van der Waals surface area (Å²) in [5, 5.41) is 3.37. The highest BCUT2D eigenvalue weighted by Gasteiger charge is 2.36. The van der Waals surface area contributed by atoms with Gasteiger partial charge in [0.25, 0.3) is 0 Å². The molecule has 0 radical (unpaired) electrons. The largest absolute Gasteiger partial charge is 0.497 e. The van der Waals surface area contributed by atoms with Crippen LogP contribution in [0, 0.1) is 5.92 Å². The van der Waals surface area contributed by atoms with Gasteiger partial charge in [-0.1, -0.05) is 6.92 Å². The van der Waals surface area contributed by atoms with Crippen molar-refractivity contribution in [3.63, 3.8) is 0 Å². The first-order valence-corrected chi connectivity index (χ1v) is 8.21. The van der Waals surface area contributed by atoms with Crippen LogP contribution < -0.4 is 5.32 Å². The molecule has 0 amide bonds. The minimum atomic E-state index is -2.82. The molecular formula is C12H21NO3S. The van der Waals surface area contributed by atoms with E-state index in [9.17, 15) is 8.42 Å². The predicted molar refractivity (Wildman–Crippen MR) is 67.5 cm³/mol. The van der Waals surface area contributed by atoms with Crippen molar-refractivity contribution in [1.82, 2.24) is 5.32 Å². The lowest BCUT2D eigenvalue weighted by Crippen LogP contribution is -2.39. The van der Waals surface area contributed by atoms with Crippen LogP contribution in [0.4, 0.5) is 0 Å². The molecule has 17 heavy (non-hydrogen) atoms. The van der Waals surface area contributed by atoms with Gasteiger partial charge in [0, 0.05) is 0 Å². The van der Waals surface area contributed by atoms with Gasteiger partial charge in [0.1, 0.15) is 5.76 Å². The van der Waals surface area contributed by atoms with Gasteiger partial charge in [-0.25, -0.2) is 8.42 Å². The van der Waals surface area contributed by atoms with Crippen LogP contribution in [0.5, 0.6) is 0 Å². The van der Waals surface area contributed by atoms with Crippen LogP contribution in [0.15, 0.2) is 11.8 Å². The van der Waals surface area contributed by atoms with Crippen molar-refractivity contribution < 1.29 is 13.2 Å². The monoisotopic (exact) mass is 259 g/mol. The van der Waals surface area contributed by atoms with Gasteiger partial charge in [0.05, 0.1) is 24.2 Å². The smallest absolute Gasteiger partial charge is 0.150 e. The Morgan fingerprint density at radius 1 is 1.59 bits per heavy atom. The average Bonchev–Trinajstić information content (AvgIpc) is 2.67. The molecule has 0 saturated carbocycles. The first-order chi connectivity index (χ1) is 8.12. The summed E-state index contributed by atoms with van der Waals surface area (Å²) >= 11 is 0. The number of rotatable bonds is 4. The van der Waals surface area contributed by atoms with Gasteiger partial charge < -0.3 is 10.1 Å². The fourth-order valence-electron chi connectivity index (χ4n) is 2.60. The molecule has 0 spiro atoms. The molecular weight excluding hydrogens is 238 g/mol. The zero-order valence-corrected chi connectivity index (χ0v) is 11.1. The number of hydrogen-bond donors (Lipinski definition) is 1. The highest BCUT2D eigenvalue weighted by atomic mass is 32.2. The Bertz CT molecular complexity index is 389. The summed E-state index contributed by atoms with van der Waals surface area (Å²) in [7, 11) is -2.82. The molecule has 2 atom stereocenters. The number of nitrogens with one attached hydrogen (secondary N) is 1. The molecule has 2 rings (SSSR count). The molecule has 0 aromatic heterocycles. The van der Waals surface area contributed by atoms with E-state index in [2.05, 4.69) is 11.4 Å². The predicted octanol–water partition coefficient (Wildman–Crippen LogP) is 1.09. The molecule has 5 heteroatoms. The van der Waals surface area contributed by atoms with Crippen LogP contribution in [-0.2, 0) is 14.6 Å². The lowest BCUT2D eigenvalue weighted by Gasteiger charge is -2.28. The second-order valence-electron chi connectivity index (χ2n) is 4.80. The molecule has 2 aliphatic heterocycles. The maximum atomic E-state index is 11.5. The molecule has 1 saturated heterocycles. The Kier molecular flexibility index (Phi) is 4.09. The number of allylic oxidation sites excluding steroid dienone is 1. The van der Waals surface area contributed by atoms with Gasteiger partial charge >= 0.3 is 0 Å². The molecule has 98 valence electrons. The van der Waals surface area contributed by atoms with E-state index in [1.54, 1.807) is 0 Å². The maximum absolute atomic E-state index is 11.5. The van der Waals surface area contributed by atoms with Gasteiger partial charge in [0.2, 0.25) is 0 Å². The minimum Gasteiger partial charge on any atom is -0.497 e. The number of likely N-dealkylation sites (N-methyl/N-ethyl adjacent to an activating group) is 1. The van der Waals surface area contributed by atoms with Crippen LogP contribution in [0.2, 0.25) is 0 Å². The third-order valence-electron chi connectivity index (χ3n) is 3.43. The Hall–Kier alpha value is -0.550. The van der Waals surface area contributed by atoms with Gasteiger partial charge in [0.15, 0.2) is 9.84 Å². The van der Waals surface area contributed by atoms with Crippen molar-refractivity contribution in [3.8, 4) is 0 Å². The van der Waals surface area contributed by atoms with E-state index >= 15 is 0 Å². The van der Waals surface area contributed by atoms with Crippen LogP contribution in [-0.4, -0.2) is 39.1 Å². The topological polar surface area (TPSA) is 55.4 Å². The summed E-state index contributed by atoms with van der Waals surface area (Å²) in [4.78, 5) is 0. The maximum Gasteiger partial charge on any atom is 0.150 e. The Morgan fingerprint density at radius 3 is 2.94 bits per heavy atom. The van der Waals surface area contributed by atoms with Crippen LogP contribution >= 0.6 is 0 Å². The highest BCUT2D eigenvalue weighted by molar-refractivity contribution is 7.91. The molecule has 2 aliphatic rings. The van der Waals surface area contributed by atoms with E-state index in [0.717, 1.165) is 38.2 Å². The number of hydrogen-bond acceptors (Lipinski definition) is 4. The molecule has 0 bridgehead atoms. The van der Waals surface area contributed by atoms with Crippen molar-refractivity contribution >= 4 is 9.84 Å². The molecule has 1 N–H and O–H groups in total. The van der Waals surface area contributed by atoms with E-state index in [1.807, 2.05) is 6.92 Å². The number of sulfone groups is 1. The van der Waals surface area contributed by atoms with E-state index in [-0.39, 0.29) is 12.0 Å². The van der Waals surface area contributed by atoms with E-state index in [1.165, 1.54) is 0 Å². The first-order valence-electron chi connectivity index (χ1n) is 6.39. The highest BCUT2D eigenvalue weighted by Crippen LogP contribution is 2.27. The molecule has 2 heterocycles. The summed E-state index contributed by atoms with van der Waals surface area (Å²) < 4.78 is 28.8. The van der Waals surface area contributed by atoms with E-state index < -0.39 is 9.84 Å². The second-order valence-corrected chi connectivity index (χ2v) is 7.02. The molecule has 0 aromatic rings. The fraction of sp³-hybridized carbons (Fsp3) is 0.833. The Balaban J connectivity index is 2.09. The van der Waals surface area contributed by atoms with Crippen molar-refractivity contribution in [1.29, 1.82) is 0 Å². The average molecular weight is 259 g/mol. The third-order valence-corrected chi connectivity index (χ3v) is 5.23. The molecule has 1 fully saturated rings. The van der Waals surface area contributed by atoms with Crippen LogP contribution in [0.1, 0.15) is 26.2 Å². The summed E-state index contributed by atoms with van der Waals surface area (Å²) in [5.74, 6) is 1.75.